The first-order valence-corrected chi connectivity index (χ1v) is 11.5. The molecular formula is C20H16N4O5S2. The third-order valence-electron chi connectivity index (χ3n) is 4.15. The molecule has 0 bridgehead atoms. The lowest BCUT2D eigenvalue weighted by Crippen LogP contribution is -2.23. The van der Waals surface area contributed by atoms with Crippen molar-refractivity contribution in [1.29, 1.82) is 0 Å². The smallest absolute Gasteiger partial charge is 0.336 e. The van der Waals surface area contributed by atoms with Gasteiger partial charge < -0.3 is 14.5 Å². The summed E-state index contributed by atoms with van der Waals surface area (Å²) in [5.74, 6) is -1.19. The van der Waals surface area contributed by atoms with E-state index in [1.807, 2.05) is 30.3 Å². The highest BCUT2D eigenvalue weighted by molar-refractivity contribution is 7.91. The fourth-order valence-electron chi connectivity index (χ4n) is 2.73. The van der Waals surface area contributed by atoms with Crippen molar-refractivity contribution in [3.8, 4) is 28.5 Å². The lowest BCUT2D eigenvalue weighted by atomic mass is 10.2. The lowest BCUT2D eigenvalue weighted by Gasteiger charge is -2.03. The molecule has 9 nitrogen and oxygen atoms in total. The molecule has 0 aliphatic carbocycles. The summed E-state index contributed by atoms with van der Waals surface area (Å²) >= 11 is 1.20. The van der Waals surface area contributed by atoms with Crippen LogP contribution >= 0.6 is 11.3 Å². The Morgan fingerprint density at radius 1 is 1.10 bits per heavy atom. The SMILES string of the molecule is COc1ccccc1-c1nnc(S(=O)(=O)CC(=O)Nc2nc(-c3ccccc3)cs2)o1. The second kappa shape index (κ2) is 8.66. The molecule has 0 aliphatic heterocycles. The predicted molar refractivity (Wildman–Crippen MR) is 115 cm³/mol. The third-order valence-corrected chi connectivity index (χ3v) is 6.25. The van der Waals surface area contributed by atoms with Crippen LogP contribution in [0.25, 0.3) is 22.7 Å². The summed E-state index contributed by atoms with van der Waals surface area (Å²) in [5, 5.41) is 11.3. The van der Waals surface area contributed by atoms with Crippen LogP contribution in [0.3, 0.4) is 0 Å². The number of carbonyl (C=O) groups is 1. The summed E-state index contributed by atoms with van der Waals surface area (Å²) in [5.41, 5.74) is 2.02. The van der Waals surface area contributed by atoms with E-state index in [0.29, 0.717) is 22.1 Å². The molecule has 31 heavy (non-hydrogen) atoms. The molecule has 0 unspecified atom stereocenters. The number of aromatic nitrogens is 3. The minimum atomic E-state index is -4.15. The molecule has 0 aliphatic rings. The molecule has 4 aromatic rings. The van der Waals surface area contributed by atoms with E-state index in [2.05, 4.69) is 20.5 Å². The number of hydrogen-bond acceptors (Lipinski definition) is 9. The Morgan fingerprint density at radius 3 is 2.61 bits per heavy atom. The predicted octanol–water partition coefficient (Wildman–Crippen LogP) is 3.28. The number of sulfone groups is 1. The van der Waals surface area contributed by atoms with E-state index in [9.17, 15) is 13.2 Å². The van der Waals surface area contributed by atoms with Gasteiger partial charge in [0.1, 0.15) is 11.5 Å². The number of hydrogen-bond donors (Lipinski definition) is 1. The van der Waals surface area contributed by atoms with Crippen molar-refractivity contribution in [1.82, 2.24) is 15.2 Å². The molecule has 0 spiro atoms. The molecule has 0 saturated carbocycles. The zero-order valence-electron chi connectivity index (χ0n) is 16.2. The molecule has 1 amide bonds. The molecule has 1 N–H and O–H groups in total. The van der Waals surface area contributed by atoms with Crippen LogP contribution in [0.4, 0.5) is 5.13 Å². The second-order valence-electron chi connectivity index (χ2n) is 6.28. The monoisotopic (exact) mass is 456 g/mol. The third kappa shape index (κ3) is 4.62. The maximum atomic E-state index is 12.6. The molecule has 11 heteroatoms. The number of rotatable bonds is 7. The molecule has 2 aromatic carbocycles. The maximum Gasteiger partial charge on any atom is 0.336 e. The normalized spacial score (nSPS) is 11.3. The van der Waals surface area contributed by atoms with E-state index in [1.54, 1.807) is 29.6 Å². The Hall–Kier alpha value is -3.57. The van der Waals surface area contributed by atoms with Gasteiger partial charge in [-0.3, -0.25) is 4.79 Å². The van der Waals surface area contributed by atoms with Gasteiger partial charge in [-0.15, -0.1) is 16.4 Å². The summed E-state index contributed by atoms with van der Waals surface area (Å²) in [6.07, 6.45) is 0. The number of amides is 1. The van der Waals surface area contributed by atoms with Gasteiger partial charge in [-0.1, -0.05) is 47.6 Å². The van der Waals surface area contributed by atoms with Crippen molar-refractivity contribution in [2.45, 2.75) is 5.22 Å². The summed E-state index contributed by atoms with van der Waals surface area (Å²) in [6, 6.07) is 16.2. The van der Waals surface area contributed by atoms with E-state index >= 15 is 0 Å². The Bertz CT molecular complexity index is 1320. The quantitative estimate of drug-likeness (QED) is 0.449. The first kappa shape index (κ1) is 20.7. The molecule has 0 saturated heterocycles. The number of carbonyl (C=O) groups excluding carboxylic acids is 1. The molecular weight excluding hydrogens is 440 g/mol. The van der Waals surface area contributed by atoms with Gasteiger partial charge in [-0.2, -0.15) is 0 Å². The van der Waals surface area contributed by atoms with Crippen molar-refractivity contribution >= 4 is 32.2 Å². The number of methoxy groups -OCH3 is 1. The molecule has 0 radical (unpaired) electrons. The van der Waals surface area contributed by atoms with E-state index in [0.717, 1.165) is 5.56 Å². The number of thiazole rings is 1. The van der Waals surface area contributed by atoms with E-state index in [1.165, 1.54) is 18.4 Å². The van der Waals surface area contributed by atoms with Gasteiger partial charge in [0, 0.05) is 10.9 Å². The van der Waals surface area contributed by atoms with Gasteiger partial charge in [0.2, 0.25) is 15.7 Å². The van der Waals surface area contributed by atoms with Crippen LogP contribution in [0, 0.1) is 0 Å². The number of anilines is 1. The van der Waals surface area contributed by atoms with E-state index < -0.39 is 26.7 Å². The molecule has 2 aromatic heterocycles. The van der Waals surface area contributed by atoms with Gasteiger partial charge in [0.25, 0.3) is 5.89 Å². The van der Waals surface area contributed by atoms with E-state index in [4.69, 9.17) is 9.15 Å². The highest BCUT2D eigenvalue weighted by Gasteiger charge is 2.27. The van der Waals surface area contributed by atoms with Crippen LogP contribution in [0.1, 0.15) is 0 Å². The Balaban J connectivity index is 1.46. The van der Waals surface area contributed by atoms with Gasteiger partial charge in [0.15, 0.2) is 5.13 Å². The minimum absolute atomic E-state index is 0.0242. The van der Waals surface area contributed by atoms with Crippen molar-refractivity contribution in [3.63, 3.8) is 0 Å². The first-order chi connectivity index (χ1) is 15.0. The molecule has 158 valence electrons. The van der Waals surface area contributed by atoms with Gasteiger partial charge in [0.05, 0.1) is 18.4 Å². The van der Waals surface area contributed by atoms with Gasteiger partial charge in [-0.05, 0) is 12.1 Å². The molecule has 0 fully saturated rings. The van der Waals surface area contributed by atoms with Crippen LogP contribution < -0.4 is 10.1 Å². The summed E-state index contributed by atoms with van der Waals surface area (Å²) in [7, 11) is -2.68. The van der Waals surface area contributed by atoms with Crippen molar-refractivity contribution in [3.05, 3.63) is 60.0 Å². The maximum absolute atomic E-state index is 12.6. The van der Waals surface area contributed by atoms with Crippen LogP contribution in [0.5, 0.6) is 5.75 Å². The largest absolute Gasteiger partial charge is 0.496 e. The van der Waals surface area contributed by atoms with Gasteiger partial charge in [-0.25, -0.2) is 13.4 Å². The summed E-state index contributed by atoms with van der Waals surface area (Å²) in [6.45, 7) is 0. The van der Waals surface area contributed by atoms with Crippen molar-refractivity contribution in [2.75, 3.05) is 18.2 Å². The number of para-hydroxylation sites is 1. The Labute approximate surface area is 181 Å². The van der Waals surface area contributed by atoms with Crippen LogP contribution in [-0.2, 0) is 14.6 Å². The summed E-state index contributed by atoms with van der Waals surface area (Å²) in [4.78, 5) is 16.6. The van der Waals surface area contributed by atoms with Crippen LogP contribution in [-0.4, -0.2) is 42.4 Å². The molecule has 0 atom stereocenters. The average molecular weight is 457 g/mol. The Morgan fingerprint density at radius 2 is 1.84 bits per heavy atom. The van der Waals surface area contributed by atoms with Crippen LogP contribution in [0.2, 0.25) is 0 Å². The second-order valence-corrected chi connectivity index (χ2v) is 9.01. The fourth-order valence-corrected chi connectivity index (χ4v) is 4.38. The standard InChI is InChI=1S/C20H16N4O5S2/c1-28-16-10-6-5-9-14(16)18-23-24-20(29-18)31(26,27)12-17(25)22-19-21-15(11-30-19)13-7-3-2-4-8-13/h2-11H,12H2,1H3,(H,21,22,25). The Kier molecular flexibility index (Phi) is 5.78. The number of nitrogens with zero attached hydrogens (tertiary/aromatic N) is 3. The van der Waals surface area contributed by atoms with Crippen LogP contribution in [0.15, 0.2) is 69.6 Å². The first-order valence-electron chi connectivity index (χ1n) is 8.97. The molecule has 4 rings (SSSR count). The minimum Gasteiger partial charge on any atom is -0.496 e. The van der Waals surface area contributed by atoms with Crippen molar-refractivity contribution < 1.29 is 22.4 Å². The lowest BCUT2D eigenvalue weighted by molar-refractivity contribution is -0.113. The highest BCUT2D eigenvalue weighted by atomic mass is 32.2. The van der Waals surface area contributed by atoms with Gasteiger partial charge >= 0.3 is 5.22 Å². The zero-order chi connectivity index (χ0) is 21.8. The highest BCUT2D eigenvalue weighted by Crippen LogP contribution is 2.29. The fraction of sp³-hybridized carbons (Fsp3) is 0.100. The summed E-state index contributed by atoms with van der Waals surface area (Å²) < 4.78 is 35.6. The van der Waals surface area contributed by atoms with Crippen molar-refractivity contribution in [2.24, 2.45) is 0 Å². The molecule has 2 heterocycles. The average Bonchev–Trinajstić information content (AvgIpc) is 3.44. The van der Waals surface area contributed by atoms with E-state index in [-0.39, 0.29) is 5.89 Å². The topological polar surface area (TPSA) is 124 Å². The number of nitrogens with one attached hydrogen (secondary N) is 1. The number of ether oxygens (including phenoxy) is 1. The number of benzene rings is 2. The zero-order valence-corrected chi connectivity index (χ0v) is 17.8.